The molecule has 1 N–H and O–H groups in total. The Morgan fingerprint density at radius 3 is 2.59 bits per heavy atom. The molecule has 2 aromatic rings. The highest BCUT2D eigenvalue weighted by molar-refractivity contribution is 5.98. The second-order valence-corrected chi connectivity index (χ2v) is 6.45. The molecule has 1 aromatic heterocycles. The molecule has 1 fully saturated rings. The Morgan fingerprint density at radius 1 is 1.19 bits per heavy atom. The Morgan fingerprint density at radius 2 is 1.96 bits per heavy atom. The van der Waals surface area contributed by atoms with E-state index in [4.69, 9.17) is 0 Å². The van der Waals surface area contributed by atoms with Gasteiger partial charge in [-0.15, -0.1) is 0 Å². The molecule has 1 aliphatic heterocycles. The van der Waals surface area contributed by atoms with Crippen LogP contribution in [0.3, 0.4) is 0 Å². The monoisotopic (exact) mass is 366 g/mol. The number of likely N-dealkylation sites (N-methyl/N-ethyl adjacent to an activating group) is 1. The molecule has 0 atom stereocenters. The zero-order valence-corrected chi connectivity index (χ0v) is 15.2. The average molecular weight is 366 g/mol. The van der Waals surface area contributed by atoms with Gasteiger partial charge in [0.15, 0.2) is 0 Å². The topological polar surface area (TPSA) is 82.6 Å². The van der Waals surface area contributed by atoms with Crippen molar-refractivity contribution in [2.45, 2.75) is 19.4 Å². The molecule has 1 aromatic carbocycles. The zero-order valence-electron chi connectivity index (χ0n) is 15.2. The summed E-state index contributed by atoms with van der Waals surface area (Å²) in [5.74, 6) is -0.420. The number of amides is 3. The minimum absolute atomic E-state index is 0.0888. The van der Waals surface area contributed by atoms with Crippen LogP contribution in [-0.2, 0) is 16.1 Å². The molecule has 1 aliphatic rings. The number of hydrogen-bond donors (Lipinski definition) is 1. The number of pyridine rings is 1. The molecular weight excluding hydrogens is 344 g/mol. The maximum atomic E-state index is 12.3. The Balaban J connectivity index is 1.51. The van der Waals surface area contributed by atoms with Crippen LogP contribution >= 0.6 is 0 Å². The van der Waals surface area contributed by atoms with Gasteiger partial charge >= 0.3 is 0 Å². The Labute approximate surface area is 158 Å². The molecule has 0 spiro atoms. The minimum Gasteiger partial charge on any atom is -0.343 e. The van der Waals surface area contributed by atoms with E-state index in [0.717, 1.165) is 17.8 Å². The van der Waals surface area contributed by atoms with Crippen molar-refractivity contribution in [2.24, 2.45) is 0 Å². The van der Waals surface area contributed by atoms with E-state index in [2.05, 4.69) is 10.3 Å². The molecule has 1 saturated heterocycles. The summed E-state index contributed by atoms with van der Waals surface area (Å²) >= 11 is 0. The molecule has 140 valence electrons. The molecule has 0 radical (unpaired) electrons. The standard InChI is InChI=1S/C20H22N4O3/c1-23(14-16-5-2-3-11-21-16)19(26)13-22-20(27)15-7-9-17(10-8-15)24-12-4-6-18(24)25/h2-3,5,7-11H,4,6,12-14H2,1H3,(H,22,27). The third-order valence-corrected chi connectivity index (χ3v) is 4.47. The molecule has 7 nitrogen and oxygen atoms in total. The molecule has 3 amide bonds. The van der Waals surface area contributed by atoms with Crippen LogP contribution in [0.15, 0.2) is 48.7 Å². The van der Waals surface area contributed by atoms with Gasteiger partial charge in [0, 0.05) is 37.5 Å². The third kappa shape index (κ3) is 4.69. The summed E-state index contributed by atoms with van der Waals surface area (Å²) in [5, 5.41) is 2.63. The minimum atomic E-state index is -0.325. The molecule has 0 aliphatic carbocycles. The van der Waals surface area contributed by atoms with Crippen LogP contribution in [0.1, 0.15) is 28.9 Å². The van der Waals surface area contributed by atoms with Crippen molar-refractivity contribution < 1.29 is 14.4 Å². The van der Waals surface area contributed by atoms with E-state index in [9.17, 15) is 14.4 Å². The molecule has 0 saturated carbocycles. The smallest absolute Gasteiger partial charge is 0.251 e. The Hall–Kier alpha value is -3.22. The number of nitrogens with zero attached hydrogens (tertiary/aromatic N) is 3. The van der Waals surface area contributed by atoms with Crippen LogP contribution < -0.4 is 10.2 Å². The first-order valence-corrected chi connectivity index (χ1v) is 8.87. The second kappa shape index (κ2) is 8.44. The maximum absolute atomic E-state index is 12.3. The summed E-state index contributed by atoms with van der Waals surface area (Å²) < 4.78 is 0. The number of aromatic nitrogens is 1. The van der Waals surface area contributed by atoms with Crippen LogP contribution in [0.5, 0.6) is 0 Å². The lowest BCUT2D eigenvalue weighted by molar-refractivity contribution is -0.129. The highest BCUT2D eigenvalue weighted by atomic mass is 16.2. The van der Waals surface area contributed by atoms with Gasteiger partial charge < -0.3 is 15.1 Å². The van der Waals surface area contributed by atoms with Gasteiger partial charge in [0.05, 0.1) is 18.8 Å². The number of nitrogens with one attached hydrogen (secondary N) is 1. The first-order valence-electron chi connectivity index (χ1n) is 8.87. The number of benzene rings is 1. The predicted octanol–water partition coefficient (Wildman–Crippen LogP) is 1.60. The van der Waals surface area contributed by atoms with Gasteiger partial charge in [-0.25, -0.2) is 0 Å². The van der Waals surface area contributed by atoms with E-state index >= 15 is 0 Å². The summed E-state index contributed by atoms with van der Waals surface area (Å²) in [7, 11) is 1.67. The van der Waals surface area contributed by atoms with Gasteiger partial charge in [0.25, 0.3) is 5.91 Å². The molecule has 27 heavy (non-hydrogen) atoms. The average Bonchev–Trinajstić information content (AvgIpc) is 3.12. The molecule has 3 rings (SSSR count). The summed E-state index contributed by atoms with van der Waals surface area (Å²) in [6, 6.07) is 12.4. The lowest BCUT2D eigenvalue weighted by Crippen LogP contribution is -2.38. The molecular formula is C20H22N4O3. The molecule has 7 heteroatoms. The molecule has 2 heterocycles. The summed E-state index contributed by atoms with van der Waals surface area (Å²) in [4.78, 5) is 43.6. The summed E-state index contributed by atoms with van der Waals surface area (Å²) in [6.45, 7) is 1.00. The van der Waals surface area contributed by atoms with Gasteiger partial charge in [-0.1, -0.05) is 6.07 Å². The number of carbonyl (C=O) groups excluding carboxylic acids is 3. The van der Waals surface area contributed by atoms with Crippen LogP contribution in [-0.4, -0.2) is 47.7 Å². The fourth-order valence-corrected chi connectivity index (χ4v) is 2.93. The van der Waals surface area contributed by atoms with Crippen molar-refractivity contribution in [3.05, 3.63) is 59.9 Å². The Bertz CT molecular complexity index is 821. The van der Waals surface area contributed by atoms with Crippen molar-refractivity contribution in [1.82, 2.24) is 15.2 Å². The van der Waals surface area contributed by atoms with Crippen molar-refractivity contribution in [2.75, 3.05) is 25.0 Å². The lowest BCUT2D eigenvalue weighted by Gasteiger charge is -2.17. The van der Waals surface area contributed by atoms with E-state index in [1.807, 2.05) is 18.2 Å². The van der Waals surface area contributed by atoms with E-state index in [1.54, 1.807) is 42.4 Å². The number of anilines is 1. The van der Waals surface area contributed by atoms with E-state index < -0.39 is 0 Å². The molecule has 0 unspecified atom stereocenters. The van der Waals surface area contributed by atoms with Gasteiger partial charge in [-0.05, 0) is 42.8 Å². The van der Waals surface area contributed by atoms with E-state index in [0.29, 0.717) is 25.1 Å². The van der Waals surface area contributed by atoms with Crippen LogP contribution in [0.25, 0.3) is 0 Å². The first kappa shape index (κ1) is 18.6. The quantitative estimate of drug-likeness (QED) is 0.842. The SMILES string of the molecule is CN(Cc1ccccn1)C(=O)CNC(=O)c1ccc(N2CCCC2=O)cc1. The predicted molar refractivity (Wildman–Crippen MR) is 101 cm³/mol. The van der Waals surface area contributed by atoms with E-state index in [1.165, 1.54) is 4.90 Å². The van der Waals surface area contributed by atoms with Crippen molar-refractivity contribution in [3.63, 3.8) is 0 Å². The van der Waals surface area contributed by atoms with E-state index in [-0.39, 0.29) is 24.3 Å². The second-order valence-electron chi connectivity index (χ2n) is 6.45. The normalized spacial score (nSPS) is 13.5. The van der Waals surface area contributed by atoms with Crippen molar-refractivity contribution >= 4 is 23.4 Å². The lowest BCUT2D eigenvalue weighted by atomic mass is 10.2. The number of hydrogen-bond acceptors (Lipinski definition) is 4. The first-order chi connectivity index (χ1) is 13.0. The van der Waals surface area contributed by atoms with Crippen LogP contribution in [0, 0.1) is 0 Å². The third-order valence-electron chi connectivity index (χ3n) is 4.47. The number of rotatable bonds is 6. The number of carbonyl (C=O) groups is 3. The fourth-order valence-electron chi connectivity index (χ4n) is 2.93. The van der Waals surface area contributed by atoms with Gasteiger partial charge in [-0.2, -0.15) is 0 Å². The van der Waals surface area contributed by atoms with Crippen molar-refractivity contribution in [1.29, 1.82) is 0 Å². The van der Waals surface area contributed by atoms with Crippen LogP contribution in [0.4, 0.5) is 5.69 Å². The van der Waals surface area contributed by atoms with Crippen molar-refractivity contribution in [3.8, 4) is 0 Å². The largest absolute Gasteiger partial charge is 0.343 e. The van der Waals surface area contributed by atoms with Crippen LogP contribution in [0.2, 0.25) is 0 Å². The Kier molecular flexibility index (Phi) is 5.80. The highest BCUT2D eigenvalue weighted by Crippen LogP contribution is 2.21. The summed E-state index contributed by atoms with van der Waals surface area (Å²) in [6.07, 6.45) is 3.10. The highest BCUT2D eigenvalue weighted by Gasteiger charge is 2.21. The zero-order chi connectivity index (χ0) is 19.2. The van der Waals surface area contributed by atoms with Gasteiger partial charge in [-0.3, -0.25) is 19.4 Å². The maximum Gasteiger partial charge on any atom is 0.251 e. The fraction of sp³-hybridized carbons (Fsp3) is 0.300. The summed E-state index contributed by atoms with van der Waals surface area (Å²) in [5.41, 5.74) is 2.03. The van der Waals surface area contributed by atoms with Gasteiger partial charge in [0.1, 0.15) is 0 Å². The van der Waals surface area contributed by atoms with Gasteiger partial charge in [0.2, 0.25) is 11.8 Å². The molecule has 0 bridgehead atoms.